The maximum atomic E-state index is 12.9. The van der Waals surface area contributed by atoms with Crippen LogP contribution in [-0.2, 0) is 12.6 Å². The van der Waals surface area contributed by atoms with Crippen molar-refractivity contribution in [2.24, 2.45) is 0 Å². The van der Waals surface area contributed by atoms with Gasteiger partial charge in [0.15, 0.2) is 0 Å². The van der Waals surface area contributed by atoms with Gasteiger partial charge in [-0.2, -0.15) is 13.2 Å². The highest BCUT2D eigenvalue weighted by Crippen LogP contribution is 2.33. The van der Waals surface area contributed by atoms with Gasteiger partial charge in [-0.05, 0) is 55.0 Å². The summed E-state index contributed by atoms with van der Waals surface area (Å²) < 4.78 is 38.8. The van der Waals surface area contributed by atoms with Gasteiger partial charge < -0.3 is 10.2 Å². The van der Waals surface area contributed by atoms with E-state index in [2.05, 4.69) is 46.4 Å². The van der Waals surface area contributed by atoms with Crippen molar-refractivity contribution < 1.29 is 13.2 Å². The Morgan fingerprint density at radius 3 is 2.79 bits per heavy atom. The number of nitrogens with one attached hydrogen (secondary N) is 1. The summed E-state index contributed by atoms with van der Waals surface area (Å²) in [6, 6.07) is 14.3. The lowest BCUT2D eigenvalue weighted by atomic mass is 9.97. The van der Waals surface area contributed by atoms with Crippen molar-refractivity contribution in [3.8, 4) is 0 Å². The maximum Gasteiger partial charge on any atom is 0.416 e. The van der Waals surface area contributed by atoms with Crippen LogP contribution in [0.2, 0.25) is 0 Å². The molecule has 1 aliphatic rings. The molecular weight excluding hydrogens is 363 g/mol. The average molecular weight is 385 g/mol. The first-order valence-electron chi connectivity index (χ1n) is 9.48. The molecule has 4 rings (SSSR count). The normalized spacial score (nSPS) is 16.9. The Labute approximate surface area is 162 Å². The number of para-hydroxylation sites is 1. The molecule has 1 unspecified atom stereocenters. The number of alkyl halides is 3. The van der Waals surface area contributed by atoms with Gasteiger partial charge in [-0.3, -0.25) is 0 Å². The van der Waals surface area contributed by atoms with E-state index in [0.29, 0.717) is 29.2 Å². The zero-order valence-corrected chi connectivity index (χ0v) is 15.6. The van der Waals surface area contributed by atoms with Crippen LogP contribution in [0.25, 0.3) is 10.8 Å². The Morgan fingerprint density at radius 2 is 1.96 bits per heavy atom. The minimum atomic E-state index is -4.34. The number of nitrogens with zero attached hydrogens (tertiary/aromatic N) is 2. The third-order valence-electron chi connectivity index (χ3n) is 5.40. The number of anilines is 2. The number of rotatable bonds is 4. The van der Waals surface area contributed by atoms with Crippen molar-refractivity contribution in [3.05, 3.63) is 65.9 Å². The molecule has 0 bridgehead atoms. The van der Waals surface area contributed by atoms with Gasteiger partial charge in [0.2, 0.25) is 0 Å². The zero-order chi connectivity index (χ0) is 19.7. The van der Waals surface area contributed by atoms with Crippen LogP contribution in [-0.4, -0.2) is 24.1 Å². The minimum Gasteiger partial charge on any atom is -0.368 e. The second kappa shape index (κ2) is 7.34. The molecule has 28 heavy (non-hydrogen) atoms. The number of benzene rings is 2. The van der Waals surface area contributed by atoms with Crippen molar-refractivity contribution in [1.29, 1.82) is 0 Å². The summed E-state index contributed by atoms with van der Waals surface area (Å²) in [5.41, 5.74) is 1.99. The fraction of sp³-hybridized carbons (Fsp3) is 0.318. The quantitative estimate of drug-likeness (QED) is 0.642. The highest BCUT2D eigenvalue weighted by atomic mass is 19.4. The van der Waals surface area contributed by atoms with Gasteiger partial charge in [0.1, 0.15) is 5.82 Å². The van der Waals surface area contributed by atoms with Gasteiger partial charge in [0, 0.05) is 36.4 Å². The number of fused-ring (bicyclic) bond motifs is 2. The number of aromatic nitrogens is 1. The molecule has 0 amide bonds. The Morgan fingerprint density at radius 1 is 1.14 bits per heavy atom. The molecule has 0 saturated carbocycles. The standard InChI is InChI=1S/C22H22F3N3/c1-15-6-7-16-4-2-3-5-20(16)28(15)13-12-27-21-19-9-8-18(22(23,24)25)14-17(19)10-11-26-21/h2-5,8-11,14-15H,6-7,12-13H2,1H3,(H,26,27). The van der Waals surface area contributed by atoms with Crippen LogP contribution < -0.4 is 10.2 Å². The predicted molar refractivity (Wildman–Crippen MR) is 107 cm³/mol. The van der Waals surface area contributed by atoms with Crippen molar-refractivity contribution in [2.45, 2.75) is 32.0 Å². The third-order valence-corrected chi connectivity index (χ3v) is 5.40. The first-order valence-corrected chi connectivity index (χ1v) is 9.48. The fourth-order valence-electron chi connectivity index (χ4n) is 3.89. The molecule has 3 aromatic rings. The van der Waals surface area contributed by atoms with Crippen molar-refractivity contribution >= 4 is 22.3 Å². The summed E-state index contributed by atoms with van der Waals surface area (Å²) in [5, 5.41) is 4.54. The molecule has 0 saturated heterocycles. The van der Waals surface area contributed by atoms with Crippen LogP contribution >= 0.6 is 0 Å². The third kappa shape index (κ3) is 3.63. The smallest absolute Gasteiger partial charge is 0.368 e. The Balaban J connectivity index is 1.51. The summed E-state index contributed by atoms with van der Waals surface area (Å²) >= 11 is 0. The fourth-order valence-corrected chi connectivity index (χ4v) is 3.89. The minimum absolute atomic E-state index is 0.450. The lowest BCUT2D eigenvalue weighted by Crippen LogP contribution is -2.40. The first-order chi connectivity index (χ1) is 13.4. The summed E-state index contributed by atoms with van der Waals surface area (Å²) in [5.74, 6) is 0.615. The molecule has 2 heterocycles. The molecule has 3 nitrogen and oxygen atoms in total. The van der Waals surface area contributed by atoms with E-state index in [9.17, 15) is 13.2 Å². The van der Waals surface area contributed by atoms with Crippen molar-refractivity contribution in [2.75, 3.05) is 23.3 Å². The summed E-state index contributed by atoms with van der Waals surface area (Å²) in [6.45, 7) is 3.69. The van der Waals surface area contributed by atoms with Crippen LogP contribution in [0.4, 0.5) is 24.7 Å². The number of hydrogen-bond acceptors (Lipinski definition) is 3. The summed E-state index contributed by atoms with van der Waals surface area (Å²) in [6.07, 6.45) is -0.593. The molecule has 0 spiro atoms. The molecular formula is C22H22F3N3. The number of aryl methyl sites for hydroxylation is 1. The molecule has 2 aromatic carbocycles. The van der Waals surface area contributed by atoms with Crippen LogP contribution in [0.5, 0.6) is 0 Å². The highest BCUT2D eigenvalue weighted by Gasteiger charge is 2.30. The molecule has 1 atom stereocenters. The summed E-state index contributed by atoms with van der Waals surface area (Å²) in [7, 11) is 0. The van der Waals surface area contributed by atoms with Gasteiger partial charge >= 0.3 is 6.18 Å². The Bertz CT molecular complexity index is 984. The van der Waals surface area contributed by atoms with E-state index >= 15 is 0 Å². The van der Waals surface area contributed by atoms with E-state index in [0.717, 1.165) is 25.5 Å². The Kier molecular flexibility index (Phi) is 4.87. The van der Waals surface area contributed by atoms with Gasteiger partial charge in [0.25, 0.3) is 0 Å². The molecule has 1 N–H and O–H groups in total. The van der Waals surface area contributed by atoms with Crippen molar-refractivity contribution in [1.82, 2.24) is 4.98 Å². The average Bonchev–Trinajstić information content (AvgIpc) is 2.68. The molecule has 1 aromatic heterocycles. The molecule has 0 fully saturated rings. The molecule has 0 radical (unpaired) electrons. The number of halogens is 3. The van der Waals surface area contributed by atoms with Gasteiger partial charge in [-0.1, -0.05) is 24.3 Å². The molecule has 6 heteroatoms. The van der Waals surface area contributed by atoms with Crippen LogP contribution in [0.15, 0.2) is 54.7 Å². The van der Waals surface area contributed by atoms with E-state index in [1.54, 1.807) is 12.3 Å². The van der Waals surface area contributed by atoms with Crippen LogP contribution in [0, 0.1) is 0 Å². The second-order valence-electron chi connectivity index (χ2n) is 7.23. The number of pyridine rings is 1. The van der Waals surface area contributed by atoms with Crippen molar-refractivity contribution in [3.63, 3.8) is 0 Å². The largest absolute Gasteiger partial charge is 0.416 e. The lowest BCUT2D eigenvalue weighted by Gasteiger charge is -2.37. The SMILES string of the molecule is CC1CCc2ccccc2N1CCNc1nccc2cc(C(F)(F)F)ccc12. The van der Waals surface area contributed by atoms with E-state index in [1.165, 1.54) is 23.4 Å². The van der Waals surface area contributed by atoms with E-state index < -0.39 is 11.7 Å². The monoisotopic (exact) mass is 385 g/mol. The zero-order valence-electron chi connectivity index (χ0n) is 15.6. The van der Waals surface area contributed by atoms with E-state index in [-0.39, 0.29) is 0 Å². The van der Waals surface area contributed by atoms with Crippen LogP contribution in [0.1, 0.15) is 24.5 Å². The first kappa shape index (κ1) is 18.6. The van der Waals surface area contributed by atoms with E-state index in [4.69, 9.17) is 0 Å². The highest BCUT2D eigenvalue weighted by molar-refractivity contribution is 5.92. The van der Waals surface area contributed by atoms with E-state index in [1.807, 2.05) is 0 Å². The maximum absolute atomic E-state index is 12.9. The molecule has 1 aliphatic heterocycles. The molecule has 146 valence electrons. The van der Waals surface area contributed by atoms with Crippen LogP contribution in [0.3, 0.4) is 0 Å². The van der Waals surface area contributed by atoms with Gasteiger partial charge in [-0.25, -0.2) is 4.98 Å². The van der Waals surface area contributed by atoms with Gasteiger partial charge in [-0.15, -0.1) is 0 Å². The number of hydrogen-bond donors (Lipinski definition) is 1. The lowest BCUT2D eigenvalue weighted by molar-refractivity contribution is -0.137. The molecule has 0 aliphatic carbocycles. The second-order valence-corrected chi connectivity index (χ2v) is 7.23. The van der Waals surface area contributed by atoms with Gasteiger partial charge in [0.05, 0.1) is 5.56 Å². The predicted octanol–water partition coefficient (Wildman–Crippen LogP) is 5.51. The summed E-state index contributed by atoms with van der Waals surface area (Å²) in [4.78, 5) is 6.72. The topological polar surface area (TPSA) is 28.2 Å². The Hall–Kier alpha value is -2.76.